The summed E-state index contributed by atoms with van der Waals surface area (Å²) in [5.41, 5.74) is 7.01. The summed E-state index contributed by atoms with van der Waals surface area (Å²) in [6, 6.07) is 4.04. The zero-order chi connectivity index (χ0) is 13.0. The minimum absolute atomic E-state index is 0.100. The van der Waals surface area contributed by atoms with Crippen LogP contribution < -0.4 is 5.73 Å². The number of carbonyl (C=O) groups is 1. The smallest absolute Gasteiger partial charge is 0.236 e. The molecule has 18 heavy (non-hydrogen) atoms. The Morgan fingerprint density at radius 2 is 2.11 bits per heavy atom. The van der Waals surface area contributed by atoms with Gasteiger partial charge in [0.25, 0.3) is 0 Å². The fraction of sp³-hybridized carbons (Fsp3) is 0.538. The zero-order valence-electron chi connectivity index (χ0n) is 10.7. The van der Waals surface area contributed by atoms with Gasteiger partial charge in [-0.1, -0.05) is 0 Å². The van der Waals surface area contributed by atoms with Crippen molar-refractivity contribution in [2.45, 2.75) is 12.5 Å². The van der Waals surface area contributed by atoms with Crippen LogP contribution in [0.4, 0.5) is 0 Å². The number of pyridine rings is 1. The molecule has 0 radical (unpaired) electrons. The zero-order valence-corrected chi connectivity index (χ0v) is 10.7. The predicted molar refractivity (Wildman–Crippen MR) is 69.9 cm³/mol. The van der Waals surface area contributed by atoms with Gasteiger partial charge >= 0.3 is 0 Å². The van der Waals surface area contributed by atoms with Gasteiger partial charge in [0.05, 0.1) is 6.54 Å². The van der Waals surface area contributed by atoms with E-state index in [2.05, 4.69) is 9.88 Å². The van der Waals surface area contributed by atoms with Gasteiger partial charge in [-0.2, -0.15) is 0 Å². The second-order valence-electron chi connectivity index (χ2n) is 4.67. The van der Waals surface area contributed by atoms with E-state index in [0.29, 0.717) is 13.1 Å². The van der Waals surface area contributed by atoms with E-state index in [1.165, 1.54) is 0 Å². The maximum absolute atomic E-state index is 11.9. The van der Waals surface area contributed by atoms with Crippen LogP contribution in [0.5, 0.6) is 0 Å². The van der Waals surface area contributed by atoms with Crippen LogP contribution in [0.25, 0.3) is 0 Å². The van der Waals surface area contributed by atoms with Crippen molar-refractivity contribution in [3.63, 3.8) is 0 Å². The number of aromatic nitrogens is 1. The molecule has 1 aliphatic heterocycles. The van der Waals surface area contributed by atoms with Gasteiger partial charge in [-0.15, -0.1) is 0 Å². The van der Waals surface area contributed by atoms with Crippen LogP contribution in [0.3, 0.4) is 0 Å². The number of carbonyl (C=O) groups excluding carboxylic acids is 1. The SMILES string of the molecule is CN1CCCN(C(CN)c2ccncc2)CC1=O. The molecule has 1 aromatic rings. The highest BCUT2D eigenvalue weighted by Gasteiger charge is 2.25. The van der Waals surface area contributed by atoms with Gasteiger partial charge in [-0.3, -0.25) is 14.7 Å². The van der Waals surface area contributed by atoms with E-state index in [9.17, 15) is 4.79 Å². The van der Waals surface area contributed by atoms with Crippen molar-refractivity contribution >= 4 is 5.91 Å². The highest BCUT2D eigenvalue weighted by atomic mass is 16.2. The maximum atomic E-state index is 11.9. The number of nitrogens with two attached hydrogens (primary N) is 1. The third-order valence-electron chi connectivity index (χ3n) is 3.46. The Hall–Kier alpha value is -1.46. The number of amides is 1. The summed E-state index contributed by atoms with van der Waals surface area (Å²) in [6.07, 6.45) is 4.53. The molecular formula is C13H20N4O. The molecule has 98 valence electrons. The van der Waals surface area contributed by atoms with E-state index in [1.54, 1.807) is 17.3 Å². The van der Waals surface area contributed by atoms with Crippen LogP contribution in [0, 0.1) is 0 Å². The molecule has 2 N–H and O–H groups in total. The van der Waals surface area contributed by atoms with Crippen molar-refractivity contribution in [3.05, 3.63) is 30.1 Å². The lowest BCUT2D eigenvalue weighted by Gasteiger charge is -2.29. The fourth-order valence-electron chi connectivity index (χ4n) is 2.36. The Kier molecular flexibility index (Phi) is 4.28. The first-order valence-electron chi connectivity index (χ1n) is 6.30. The topological polar surface area (TPSA) is 62.5 Å². The first kappa shape index (κ1) is 13.0. The van der Waals surface area contributed by atoms with E-state index in [1.807, 2.05) is 19.2 Å². The van der Waals surface area contributed by atoms with E-state index < -0.39 is 0 Å². The Bertz CT molecular complexity index is 395. The third kappa shape index (κ3) is 2.86. The Morgan fingerprint density at radius 1 is 1.39 bits per heavy atom. The molecule has 1 atom stereocenters. The summed E-state index contributed by atoms with van der Waals surface area (Å²) >= 11 is 0. The second-order valence-corrected chi connectivity index (χ2v) is 4.67. The normalized spacial score (nSPS) is 19.7. The molecular weight excluding hydrogens is 228 g/mol. The predicted octanol–water partition coefficient (Wildman–Crippen LogP) is 0.246. The van der Waals surface area contributed by atoms with Crippen LogP contribution in [-0.4, -0.2) is 53.9 Å². The van der Waals surface area contributed by atoms with Gasteiger partial charge in [-0.25, -0.2) is 0 Å². The van der Waals surface area contributed by atoms with Crippen molar-refractivity contribution in [3.8, 4) is 0 Å². The lowest BCUT2D eigenvalue weighted by atomic mass is 10.1. The molecule has 1 unspecified atom stereocenters. The van der Waals surface area contributed by atoms with Crippen molar-refractivity contribution in [2.24, 2.45) is 5.73 Å². The molecule has 5 heteroatoms. The van der Waals surface area contributed by atoms with E-state index >= 15 is 0 Å². The van der Waals surface area contributed by atoms with Gasteiger partial charge in [0.1, 0.15) is 0 Å². The molecule has 0 bridgehead atoms. The monoisotopic (exact) mass is 248 g/mol. The van der Waals surface area contributed by atoms with Gasteiger partial charge in [0.15, 0.2) is 0 Å². The van der Waals surface area contributed by atoms with Crippen LogP contribution in [0.1, 0.15) is 18.0 Å². The van der Waals surface area contributed by atoms with Crippen LogP contribution in [0.15, 0.2) is 24.5 Å². The first-order chi connectivity index (χ1) is 8.72. The highest BCUT2D eigenvalue weighted by Crippen LogP contribution is 2.20. The quantitative estimate of drug-likeness (QED) is 0.832. The van der Waals surface area contributed by atoms with Crippen molar-refractivity contribution in [2.75, 3.05) is 33.2 Å². The number of hydrogen-bond acceptors (Lipinski definition) is 4. The molecule has 2 heterocycles. The van der Waals surface area contributed by atoms with E-state index in [-0.39, 0.29) is 11.9 Å². The Labute approximate surface area is 108 Å². The van der Waals surface area contributed by atoms with Gasteiger partial charge in [0, 0.05) is 45.1 Å². The molecule has 0 spiro atoms. The maximum Gasteiger partial charge on any atom is 0.236 e. The molecule has 1 amide bonds. The van der Waals surface area contributed by atoms with Crippen LogP contribution in [0.2, 0.25) is 0 Å². The average Bonchev–Trinajstić information content (AvgIpc) is 2.55. The van der Waals surface area contributed by atoms with Crippen LogP contribution in [-0.2, 0) is 4.79 Å². The Morgan fingerprint density at radius 3 is 2.78 bits per heavy atom. The van der Waals surface area contributed by atoms with E-state index in [4.69, 9.17) is 5.73 Å². The van der Waals surface area contributed by atoms with Crippen molar-refractivity contribution in [1.82, 2.24) is 14.8 Å². The number of rotatable bonds is 3. The molecule has 0 aliphatic carbocycles. The molecule has 1 aliphatic rings. The molecule has 0 aromatic carbocycles. The molecule has 2 rings (SSSR count). The van der Waals surface area contributed by atoms with Crippen LogP contribution >= 0.6 is 0 Å². The van der Waals surface area contributed by atoms with Gasteiger partial charge < -0.3 is 10.6 Å². The summed E-state index contributed by atoms with van der Waals surface area (Å²) in [5.74, 6) is 0.167. The number of nitrogens with zero attached hydrogens (tertiary/aromatic N) is 3. The van der Waals surface area contributed by atoms with Crippen molar-refractivity contribution < 1.29 is 4.79 Å². The van der Waals surface area contributed by atoms with Gasteiger partial charge in [0.2, 0.25) is 5.91 Å². The molecule has 1 saturated heterocycles. The standard InChI is InChI=1S/C13H20N4O/c1-16-7-2-8-17(10-13(16)18)12(9-14)11-3-5-15-6-4-11/h3-6,12H,2,7-10,14H2,1H3. The second kappa shape index (κ2) is 5.93. The lowest BCUT2D eigenvalue weighted by Crippen LogP contribution is -2.39. The summed E-state index contributed by atoms with van der Waals surface area (Å²) < 4.78 is 0. The minimum Gasteiger partial charge on any atom is -0.345 e. The number of likely N-dealkylation sites (N-methyl/N-ethyl adjacent to an activating group) is 1. The highest BCUT2D eigenvalue weighted by molar-refractivity contribution is 5.78. The minimum atomic E-state index is 0.100. The van der Waals surface area contributed by atoms with Gasteiger partial charge in [-0.05, 0) is 24.1 Å². The molecule has 1 fully saturated rings. The molecule has 1 aromatic heterocycles. The lowest BCUT2D eigenvalue weighted by molar-refractivity contribution is -0.130. The summed E-state index contributed by atoms with van der Waals surface area (Å²) in [7, 11) is 1.86. The number of hydrogen-bond donors (Lipinski definition) is 1. The van der Waals surface area contributed by atoms with E-state index in [0.717, 1.165) is 25.1 Å². The largest absolute Gasteiger partial charge is 0.345 e. The summed E-state index contributed by atoms with van der Waals surface area (Å²) in [5, 5.41) is 0. The summed E-state index contributed by atoms with van der Waals surface area (Å²) in [4.78, 5) is 19.9. The summed E-state index contributed by atoms with van der Waals surface area (Å²) in [6.45, 7) is 2.69. The fourth-order valence-corrected chi connectivity index (χ4v) is 2.36. The first-order valence-corrected chi connectivity index (χ1v) is 6.30. The molecule has 5 nitrogen and oxygen atoms in total. The van der Waals surface area contributed by atoms with Crippen molar-refractivity contribution in [1.29, 1.82) is 0 Å². The third-order valence-corrected chi connectivity index (χ3v) is 3.46. The Balaban J connectivity index is 2.15. The molecule has 0 saturated carbocycles. The average molecular weight is 248 g/mol.